The fraction of sp³-hybridized carbons (Fsp3) is 0.667. The van der Waals surface area contributed by atoms with Crippen LogP contribution in [-0.2, 0) is 6.54 Å². The first-order valence-electron chi connectivity index (χ1n) is 8.25. The highest BCUT2D eigenvalue weighted by atomic mass is 16.5. The zero-order valence-corrected chi connectivity index (χ0v) is 14.0. The highest BCUT2D eigenvalue weighted by molar-refractivity contribution is 5.33. The topological polar surface area (TPSA) is 24.5 Å². The number of hydrogen-bond acceptors (Lipinski definition) is 3. The molecule has 118 valence electrons. The van der Waals surface area contributed by atoms with Crippen LogP contribution in [0.2, 0.25) is 0 Å². The smallest absolute Gasteiger partial charge is 0.123 e. The van der Waals surface area contributed by atoms with E-state index in [1.807, 2.05) is 6.07 Å². The maximum atomic E-state index is 5.52. The zero-order chi connectivity index (χ0) is 15.3. The van der Waals surface area contributed by atoms with Crippen LogP contribution in [0.25, 0.3) is 0 Å². The maximum Gasteiger partial charge on any atom is 0.123 e. The van der Waals surface area contributed by atoms with Crippen LogP contribution in [0.1, 0.15) is 45.6 Å². The third-order valence-corrected chi connectivity index (χ3v) is 5.11. The van der Waals surface area contributed by atoms with E-state index in [4.69, 9.17) is 4.74 Å². The van der Waals surface area contributed by atoms with E-state index in [0.29, 0.717) is 6.04 Å². The summed E-state index contributed by atoms with van der Waals surface area (Å²) >= 11 is 0. The molecule has 0 saturated carbocycles. The molecule has 1 aromatic rings. The first kappa shape index (κ1) is 16.3. The fourth-order valence-corrected chi connectivity index (χ4v) is 3.32. The van der Waals surface area contributed by atoms with Crippen LogP contribution >= 0.6 is 0 Å². The maximum absolute atomic E-state index is 5.52. The largest absolute Gasteiger partial charge is 0.496 e. The van der Waals surface area contributed by atoms with Gasteiger partial charge < -0.3 is 10.1 Å². The predicted molar refractivity (Wildman–Crippen MR) is 88.8 cm³/mol. The van der Waals surface area contributed by atoms with Gasteiger partial charge in [0, 0.05) is 30.2 Å². The average molecular weight is 290 g/mol. The lowest BCUT2D eigenvalue weighted by molar-refractivity contribution is 0.151. The quantitative estimate of drug-likeness (QED) is 0.899. The monoisotopic (exact) mass is 290 g/mol. The number of ether oxygens (including phenoxy) is 1. The third kappa shape index (κ3) is 3.78. The number of nitrogens with zero attached hydrogens (tertiary/aromatic N) is 1. The number of methoxy groups -OCH3 is 1. The Balaban J connectivity index is 2.19. The molecule has 1 atom stereocenters. The van der Waals surface area contributed by atoms with E-state index in [1.165, 1.54) is 24.8 Å². The van der Waals surface area contributed by atoms with Gasteiger partial charge in [-0.25, -0.2) is 0 Å². The van der Waals surface area contributed by atoms with Crippen LogP contribution in [0.4, 0.5) is 0 Å². The van der Waals surface area contributed by atoms with E-state index in [2.05, 4.69) is 49.2 Å². The molecule has 1 aliphatic rings. The van der Waals surface area contributed by atoms with E-state index in [9.17, 15) is 0 Å². The van der Waals surface area contributed by atoms with Crippen LogP contribution in [0, 0.1) is 0 Å². The molecule has 0 aliphatic carbocycles. The number of para-hydroxylation sites is 1. The Morgan fingerprint density at radius 3 is 2.67 bits per heavy atom. The van der Waals surface area contributed by atoms with Crippen molar-refractivity contribution in [3.63, 3.8) is 0 Å². The Labute approximate surface area is 129 Å². The number of nitrogens with one attached hydrogen (secondary N) is 1. The standard InChI is InChI=1S/C18H30N2O/c1-5-18(6-2)14-20(15(3)11-12-19-18)13-16-9-7-8-10-17(16)21-4/h7-10,15,19H,5-6,11-14H2,1-4H3. The number of hydrogen-bond donors (Lipinski definition) is 1. The van der Waals surface area contributed by atoms with Crippen molar-refractivity contribution < 1.29 is 4.74 Å². The SMILES string of the molecule is CCC1(CC)CN(Cc2ccccc2OC)C(C)CCN1. The second-order valence-electron chi connectivity index (χ2n) is 6.27. The van der Waals surface area contributed by atoms with Gasteiger partial charge >= 0.3 is 0 Å². The minimum Gasteiger partial charge on any atom is -0.496 e. The molecule has 3 nitrogen and oxygen atoms in total. The molecule has 1 heterocycles. The molecular formula is C18H30N2O. The molecular weight excluding hydrogens is 260 g/mol. The second-order valence-corrected chi connectivity index (χ2v) is 6.27. The van der Waals surface area contributed by atoms with E-state index < -0.39 is 0 Å². The summed E-state index contributed by atoms with van der Waals surface area (Å²) in [5.74, 6) is 1.00. The van der Waals surface area contributed by atoms with Crippen molar-refractivity contribution in [3.8, 4) is 5.75 Å². The van der Waals surface area contributed by atoms with Crippen LogP contribution in [0.15, 0.2) is 24.3 Å². The van der Waals surface area contributed by atoms with E-state index in [1.54, 1.807) is 7.11 Å². The van der Waals surface area contributed by atoms with Crippen molar-refractivity contribution in [2.45, 2.75) is 58.2 Å². The Bertz CT molecular complexity index is 443. The van der Waals surface area contributed by atoms with Gasteiger partial charge in [0.05, 0.1) is 7.11 Å². The number of rotatable bonds is 5. The summed E-state index contributed by atoms with van der Waals surface area (Å²) < 4.78 is 5.52. The Kier molecular flexibility index (Phi) is 5.65. The van der Waals surface area contributed by atoms with E-state index in [0.717, 1.165) is 25.4 Å². The first-order chi connectivity index (χ1) is 10.1. The van der Waals surface area contributed by atoms with Gasteiger partial charge in [-0.1, -0.05) is 32.0 Å². The minimum absolute atomic E-state index is 0.257. The van der Waals surface area contributed by atoms with Crippen molar-refractivity contribution in [2.75, 3.05) is 20.2 Å². The highest BCUT2D eigenvalue weighted by Gasteiger charge is 2.33. The lowest BCUT2D eigenvalue weighted by atomic mass is 9.92. The number of benzene rings is 1. The summed E-state index contributed by atoms with van der Waals surface area (Å²) in [6.45, 7) is 10.1. The molecule has 1 saturated heterocycles. The summed E-state index contributed by atoms with van der Waals surface area (Å²) in [5, 5.41) is 3.80. The summed E-state index contributed by atoms with van der Waals surface area (Å²) in [7, 11) is 1.76. The first-order valence-corrected chi connectivity index (χ1v) is 8.25. The van der Waals surface area contributed by atoms with Crippen LogP contribution in [0.5, 0.6) is 5.75 Å². The molecule has 3 heteroatoms. The molecule has 0 aromatic heterocycles. The normalized spacial score (nSPS) is 22.8. The van der Waals surface area contributed by atoms with Gasteiger partial charge in [0.25, 0.3) is 0 Å². The minimum atomic E-state index is 0.257. The molecule has 1 N–H and O–H groups in total. The van der Waals surface area contributed by atoms with Gasteiger partial charge in [0.2, 0.25) is 0 Å². The van der Waals surface area contributed by atoms with E-state index in [-0.39, 0.29) is 5.54 Å². The predicted octanol–water partition coefficient (Wildman–Crippen LogP) is 3.44. The lowest BCUT2D eigenvalue weighted by Gasteiger charge is -2.37. The van der Waals surface area contributed by atoms with Crippen molar-refractivity contribution in [1.29, 1.82) is 0 Å². The molecule has 0 bridgehead atoms. The van der Waals surface area contributed by atoms with Gasteiger partial charge in [-0.15, -0.1) is 0 Å². The fourth-order valence-electron chi connectivity index (χ4n) is 3.32. The summed E-state index contributed by atoms with van der Waals surface area (Å²) in [6, 6.07) is 8.98. The summed E-state index contributed by atoms with van der Waals surface area (Å²) in [4.78, 5) is 2.62. The van der Waals surface area contributed by atoms with Crippen molar-refractivity contribution in [1.82, 2.24) is 10.2 Å². The molecule has 0 radical (unpaired) electrons. The van der Waals surface area contributed by atoms with Crippen molar-refractivity contribution in [3.05, 3.63) is 29.8 Å². The lowest BCUT2D eigenvalue weighted by Crippen LogP contribution is -2.51. The van der Waals surface area contributed by atoms with Crippen molar-refractivity contribution in [2.24, 2.45) is 0 Å². The van der Waals surface area contributed by atoms with E-state index >= 15 is 0 Å². The van der Waals surface area contributed by atoms with Crippen LogP contribution in [-0.4, -0.2) is 36.7 Å². The Morgan fingerprint density at radius 2 is 2.00 bits per heavy atom. The van der Waals surface area contributed by atoms with Crippen LogP contribution in [0.3, 0.4) is 0 Å². The Hall–Kier alpha value is -1.06. The summed E-state index contributed by atoms with van der Waals surface area (Å²) in [6.07, 6.45) is 3.56. The molecule has 1 aromatic carbocycles. The van der Waals surface area contributed by atoms with Gasteiger partial charge in [-0.3, -0.25) is 4.90 Å². The van der Waals surface area contributed by atoms with Crippen LogP contribution < -0.4 is 10.1 Å². The van der Waals surface area contributed by atoms with Gasteiger partial charge in [0.15, 0.2) is 0 Å². The third-order valence-electron chi connectivity index (χ3n) is 5.11. The summed E-state index contributed by atoms with van der Waals surface area (Å²) in [5.41, 5.74) is 1.54. The molecule has 1 unspecified atom stereocenters. The molecule has 0 spiro atoms. The molecule has 0 amide bonds. The zero-order valence-electron chi connectivity index (χ0n) is 14.0. The van der Waals surface area contributed by atoms with Gasteiger partial charge in [0.1, 0.15) is 5.75 Å². The molecule has 1 fully saturated rings. The van der Waals surface area contributed by atoms with Crippen molar-refractivity contribution >= 4 is 0 Å². The Morgan fingerprint density at radius 1 is 1.29 bits per heavy atom. The molecule has 21 heavy (non-hydrogen) atoms. The van der Waals surface area contributed by atoms with Gasteiger partial charge in [-0.2, -0.15) is 0 Å². The molecule has 1 aliphatic heterocycles. The average Bonchev–Trinajstić information content (AvgIpc) is 2.68. The molecule has 2 rings (SSSR count). The highest BCUT2D eigenvalue weighted by Crippen LogP contribution is 2.26. The van der Waals surface area contributed by atoms with Gasteiger partial charge in [-0.05, 0) is 38.8 Å². The second kappa shape index (κ2) is 7.28.